The molecule has 0 bridgehead atoms. The Morgan fingerprint density at radius 3 is 2.60 bits per heavy atom. The van der Waals surface area contributed by atoms with E-state index in [1.54, 1.807) is 12.3 Å². The molecule has 0 atom stereocenters. The van der Waals surface area contributed by atoms with Gasteiger partial charge in [0.15, 0.2) is 5.69 Å². The van der Waals surface area contributed by atoms with Crippen LogP contribution in [-0.4, -0.2) is 16.1 Å². The standard InChI is InChI=1S/C19H17NO5/c21-18(22)19(6-7-19)14-10-15(25-12-13-4-2-1-3-5-13)16(20-11-14)17-23-8-9-24-17/h1-5,8-11,17H,6-7,12H2,(H,21,22). The van der Waals surface area contributed by atoms with Gasteiger partial charge >= 0.3 is 5.97 Å². The lowest BCUT2D eigenvalue weighted by molar-refractivity contribution is -0.140. The summed E-state index contributed by atoms with van der Waals surface area (Å²) in [4.78, 5) is 16.0. The Labute approximate surface area is 144 Å². The van der Waals surface area contributed by atoms with Crippen molar-refractivity contribution in [2.75, 3.05) is 0 Å². The number of hydrogen-bond acceptors (Lipinski definition) is 5. The smallest absolute Gasteiger partial charge is 0.314 e. The molecule has 128 valence electrons. The van der Waals surface area contributed by atoms with E-state index in [4.69, 9.17) is 14.2 Å². The number of rotatable bonds is 6. The number of hydrogen-bond donors (Lipinski definition) is 1. The SMILES string of the molecule is O=C(O)C1(c2cnc(C3OC=CO3)c(OCc3ccccc3)c2)CC1. The lowest BCUT2D eigenvalue weighted by Crippen LogP contribution is -2.20. The second-order valence-electron chi connectivity index (χ2n) is 6.15. The molecular weight excluding hydrogens is 322 g/mol. The van der Waals surface area contributed by atoms with Crippen LogP contribution >= 0.6 is 0 Å². The first-order chi connectivity index (χ1) is 12.2. The van der Waals surface area contributed by atoms with Crippen LogP contribution in [0.4, 0.5) is 0 Å². The highest BCUT2D eigenvalue weighted by Crippen LogP contribution is 2.49. The normalized spacial score (nSPS) is 17.6. The van der Waals surface area contributed by atoms with E-state index in [-0.39, 0.29) is 0 Å². The third kappa shape index (κ3) is 2.91. The first-order valence-electron chi connectivity index (χ1n) is 8.05. The summed E-state index contributed by atoms with van der Waals surface area (Å²) in [6.45, 7) is 0.346. The van der Waals surface area contributed by atoms with Crippen LogP contribution in [0.25, 0.3) is 0 Å². The highest BCUT2D eigenvalue weighted by Gasteiger charge is 2.52. The highest BCUT2D eigenvalue weighted by atomic mass is 16.7. The minimum absolute atomic E-state index is 0.346. The van der Waals surface area contributed by atoms with Crippen LogP contribution in [0.5, 0.6) is 5.75 Å². The van der Waals surface area contributed by atoms with Gasteiger partial charge in [-0.15, -0.1) is 0 Å². The average Bonchev–Trinajstić information content (AvgIpc) is 3.29. The van der Waals surface area contributed by atoms with Gasteiger partial charge in [0.1, 0.15) is 24.9 Å². The summed E-state index contributed by atoms with van der Waals surface area (Å²) in [6, 6.07) is 11.5. The van der Waals surface area contributed by atoms with E-state index in [1.165, 1.54) is 12.5 Å². The van der Waals surface area contributed by atoms with E-state index in [1.807, 2.05) is 30.3 Å². The summed E-state index contributed by atoms with van der Waals surface area (Å²) in [5.74, 6) is -0.353. The molecule has 2 aliphatic rings. The maximum absolute atomic E-state index is 11.6. The number of carboxylic acids is 1. The summed E-state index contributed by atoms with van der Waals surface area (Å²) in [7, 11) is 0. The summed E-state index contributed by atoms with van der Waals surface area (Å²) in [5.41, 5.74) is 1.31. The lowest BCUT2D eigenvalue weighted by atomic mass is 9.97. The Kier molecular flexibility index (Phi) is 3.80. The third-order valence-corrected chi connectivity index (χ3v) is 4.51. The van der Waals surface area contributed by atoms with Gasteiger partial charge in [-0.05, 0) is 30.0 Å². The van der Waals surface area contributed by atoms with Crippen molar-refractivity contribution in [3.05, 3.63) is 71.9 Å². The van der Waals surface area contributed by atoms with Crippen molar-refractivity contribution in [1.82, 2.24) is 4.98 Å². The zero-order chi connectivity index (χ0) is 17.3. The number of carbonyl (C=O) groups is 1. The Bertz CT molecular complexity index is 806. The van der Waals surface area contributed by atoms with Gasteiger partial charge in [0.25, 0.3) is 6.29 Å². The summed E-state index contributed by atoms with van der Waals surface area (Å²) < 4.78 is 16.7. The molecule has 2 heterocycles. The predicted molar refractivity (Wildman–Crippen MR) is 87.6 cm³/mol. The van der Waals surface area contributed by atoms with E-state index in [0.29, 0.717) is 36.5 Å². The van der Waals surface area contributed by atoms with Crippen molar-refractivity contribution in [2.45, 2.75) is 31.2 Å². The molecule has 25 heavy (non-hydrogen) atoms. The molecular formula is C19H17NO5. The Morgan fingerprint density at radius 2 is 1.96 bits per heavy atom. The molecule has 0 saturated heterocycles. The lowest BCUT2D eigenvalue weighted by Gasteiger charge is -2.18. The molecule has 0 amide bonds. The topological polar surface area (TPSA) is 77.9 Å². The van der Waals surface area contributed by atoms with Gasteiger partial charge in [0, 0.05) is 6.20 Å². The minimum Gasteiger partial charge on any atom is -0.487 e. The molecule has 6 nitrogen and oxygen atoms in total. The van der Waals surface area contributed by atoms with Crippen molar-refractivity contribution in [3.8, 4) is 5.75 Å². The quantitative estimate of drug-likeness (QED) is 0.870. The molecule has 6 heteroatoms. The number of nitrogens with zero attached hydrogens (tertiary/aromatic N) is 1. The van der Waals surface area contributed by atoms with Crippen LogP contribution in [0.2, 0.25) is 0 Å². The first kappa shape index (κ1) is 15.5. The molecule has 0 unspecified atom stereocenters. The van der Waals surface area contributed by atoms with Crippen molar-refractivity contribution in [1.29, 1.82) is 0 Å². The highest BCUT2D eigenvalue weighted by molar-refractivity contribution is 5.84. The first-order valence-corrected chi connectivity index (χ1v) is 8.05. The molecule has 1 saturated carbocycles. The van der Waals surface area contributed by atoms with Crippen molar-refractivity contribution in [3.63, 3.8) is 0 Å². The predicted octanol–water partition coefficient (Wildman–Crippen LogP) is 3.29. The van der Waals surface area contributed by atoms with Gasteiger partial charge in [-0.25, -0.2) is 4.98 Å². The van der Waals surface area contributed by atoms with Crippen LogP contribution in [0.3, 0.4) is 0 Å². The van der Waals surface area contributed by atoms with Gasteiger partial charge in [-0.1, -0.05) is 30.3 Å². The molecule has 1 aromatic carbocycles. The fourth-order valence-corrected chi connectivity index (χ4v) is 2.86. The zero-order valence-electron chi connectivity index (χ0n) is 13.4. The molecule has 1 fully saturated rings. The summed E-state index contributed by atoms with van der Waals surface area (Å²) >= 11 is 0. The van der Waals surface area contributed by atoms with E-state index in [2.05, 4.69) is 4.98 Å². The molecule has 1 aliphatic heterocycles. The minimum atomic E-state index is -0.841. The second-order valence-corrected chi connectivity index (χ2v) is 6.15. The van der Waals surface area contributed by atoms with Crippen molar-refractivity contribution >= 4 is 5.97 Å². The fourth-order valence-electron chi connectivity index (χ4n) is 2.86. The van der Waals surface area contributed by atoms with Gasteiger partial charge in [-0.3, -0.25) is 4.79 Å². The molecule has 1 aromatic heterocycles. The molecule has 0 radical (unpaired) electrons. The molecule has 0 spiro atoms. The van der Waals surface area contributed by atoms with Crippen LogP contribution < -0.4 is 4.74 Å². The van der Waals surface area contributed by atoms with Crippen molar-refractivity contribution < 1.29 is 24.1 Å². The van der Waals surface area contributed by atoms with Gasteiger partial charge < -0.3 is 19.3 Å². The number of aromatic nitrogens is 1. The summed E-state index contributed by atoms with van der Waals surface area (Å²) in [6.07, 6.45) is 5.01. The Hall–Kier alpha value is -3.02. The van der Waals surface area contributed by atoms with Gasteiger partial charge in [0.05, 0.1) is 5.41 Å². The van der Waals surface area contributed by atoms with Gasteiger partial charge in [0.2, 0.25) is 0 Å². The van der Waals surface area contributed by atoms with Crippen molar-refractivity contribution in [2.24, 2.45) is 0 Å². The zero-order valence-corrected chi connectivity index (χ0v) is 13.4. The Balaban J connectivity index is 1.64. The number of pyridine rings is 1. The van der Waals surface area contributed by atoms with Crippen LogP contribution in [0.1, 0.15) is 36.0 Å². The largest absolute Gasteiger partial charge is 0.487 e. The van der Waals surface area contributed by atoms with Crippen LogP contribution in [0.15, 0.2) is 55.1 Å². The monoisotopic (exact) mass is 339 g/mol. The molecule has 2 aromatic rings. The van der Waals surface area contributed by atoms with Crippen LogP contribution in [0, 0.1) is 0 Å². The number of benzene rings is 1. The van der Waals surface area contributed by atoms with Crippen LogP contribution in [-0.2, 0) is 26.3 Å². The maximum atomic E-state index is 11.6. The molecule has 1 aliphatic carbocycles. The number of carboxylic acid groups (broad SMARTS) is 1. The maximum Gasteiger partial charge on any atom is 0.314 e. The van der Waals surface area contributed by atoms with E-state index >= 15 is 0 Å². The fraction of sp³-hybridized carbons (Fsp3) is 0.263. The second kappa shape index (κ2) is 6.12. The third-order valence-electron chi connectivity index (χ3n) is 4.51. The van der Waals surface area contributed by atoms with Gasteiger partial charge in [-0.2, -0.15) is 0 Å². The molecule has 1 N–H and O–H groups in total. The van der Waals surface area contributed by atoms with E-state index in [9.17, 15) is 9.90 Å². The Morgan fingerprint density at radius 1 is 1.24 bits per heavy atom. The average molecular weight is 339 g/mol. The summed E-state index contributed by atoms with van der Waals surface area (Å²) in [5, 5.41) is 9.51. The number of ether oxygens (including phenoxy) is 3. The molecule has 4 rings (SSSR count). The van der Waals surface area contributed by atoms with E-state index in [0.717, 1.165) is 5.56 Å². The van der Waals surface area contributed by atoms with E-state index < -0.39 is 17.7 Å². The number of aliphatic carboxylic acids is 1.